The van der Waals surface area contributed by atoms with Gasteiger partial charge in [0.15, 0.2) is 0 Å². The topological polar surface area (TPSA) is 37.8 Å². The van der Waals surface area contributed by atoms with Gasteiger partial charge in [-0.05, 0) is 44.4 Å². The van der Waals surface area contributed by atoms with Crippen molar-refractivity contribution in [1.82, 2.24) is 15.3 Å². The highest BCUT2D eigenvalue weighted by atomic mass is 32.1. The quantitative estimate of drug-likeness (QED) is 0.925. The standard InChI is InChI=1S/C15H19N3S/c1-2-8-17-12-6-3-7-13-14(12)19-15(18-13)11-5-4-9-16-10-11/h4-5,9-10,12,17H,2-3,6-8H2,1H3. The molecule has 0 spiro atoms. The third-order valence-corrected chi connectivity index (χ3v) is 4.76. The van der Waals surface area contributed by atoms with Crippen molar-refractivity contribution in [1.29, 1.82) is 0 Å². The average molecular weight is 273 g/mol. The molecular weight excluding hydrogens is 254 g/mol. The van der Waals surface area contributed by atoms with Crippen molar-refractivity contribution in [3.8, 4) is 10.6 Å². The van der Waals surface area contributed by atoms with Crippen molar-refractivity contribution in [2.24, 2.45) is 0 Å². The molecule has 0 aromatic carbocycles. The second-order valence-electron chi connectivity index (χ2n) is 4.97. The van der Waals surface area contributed by atoms with Gasteiger partial charge in [0.25, 0.3) is 0 Å². The molecule has 100 valence electrons. The zero-order valence-electron chi connectivity index (χ0n) is 11.2. The van der Waals surface area contributed by atoms with Crippen LogP contribution in [0.1, 0.15) is 42.8 Å². The largest absolute Gasteiger partial charge is 0.309 e. The van der Waals surface area contributed by atoms with Gasteiger partial charge in [-0.2, -0.15) is 0 Å². The van der Waals surface area contributed by atoms with Crippen LogP contribution in [-0.2, 0) is 6.42 Å². The monoisotopic (exact) mass is 273 g/mol. The minimum absolute atomic E-state index is 0.506. The summed E-state index contributed by atoms with van der Waals surface area (Å²) in [4.78, 5) is 10.4. The molecule has 1 aliphatic rings. The fourth-order valence-electron chi connectivity index (χ4n) is 2.55. The number of hydrogen-bond acceptors (Lipinski definition) is 4. The van der Waals surface area contributed by atoms with Crippen LogP contribution in [0.3, 0.4) is 0 Å². The maximum atomic E-state index is 4.82. The second-order valence-corrected chi connectivity index (χ2v) is 6.00. The molecule has 1 atom stereocenters. The molecule has 0 saturated carbocycles. The maximum absolute atomic E-state index is 4.82. The fourth-order valence-corrected chi connectivity index (χ4v) is 3.76. The normalized spacial score (nSPS) is 18.3. The van der Waals surface area contributed by atoms with Crippen LogP contribution in [0.15, 0.2) is 24.5 Å². The zero-order chi connectivity index (χ0) is 13.1. The minimum atomic E-state index is 0.506. The summed E-state index contributed by atoms with van der Waals surface area (Å²) in [6, 6.07) is 4.57. The molecule has 0 radical (unpaired) electrons. The van der Waals surface area contributed by atoms with Gasteiger partial charge in [0.05, 0.1) is 5.69 Å². The summed E-state index contributed by atoms with van der Waals surface area (Å²) in [5.74, 6) is 0. The van der Waals surface area contributed by atoms with Gasteiger partial charge in [-0.15, -0.1) is 11.3 Å². The Morgan fingerprint density at radius 3 is 3.21 bits per heavy atom. The molecule has 3 rings (SSSR count). The van der Waals surface area contributed by atoms with Crippen molar-refractivity contribution >= 4 is 11.3 Å². The first-order valence-electron chi connectivity index (χ1n) is 7.02. The summed E-state index contributed by atoms with van der Waals surface area (Å²) in [6.45, 7) is 3.30. The molecule has 3 nitrogen and oxygen atoms in total. The van der Waals surface area contributed by atoms with Gasteiger partial charge in [0.2, 0.25) is 0 Å². The van der Waals surface area contributed by atoms with Crippen LogP contribution in [0.4, 0.5) is 0 Å². The van der Waals surface area contributed by atoms with E-state index >= 15 is 0 Å². The van der Waals surface area contributed by atoms with E-state index in [1.54, 1.807) is 0 Å². The van der Waals surface area contributed by atoms with Gasteiger partial charge in [-0.1, -0.05) is 6.92 Å². The fraction of sp³-hybridized carbons (Fsp3) is 0.467. The smallest absolute Gasteiger partial charge is 0.125 e. The molecule has 0 bridgehead atoms. The van der Waals surface area contributed by atoms with Crippen LogP contribution in [0.5, 0.6) is 0 Å². The lowest BCUT2D eigenvalue weighted by Gasteiger charge is -2.22. The van der Waals surface area contributed by atoms with E-state index < -0.39 is 0 Å². The third kappa shape index (κ3) is 2.69. The third-order valence-electron chi connectivity index (χ3n) is 3.50. The van der Waals surface area contributed by atoms with Gasteiger partial charge in [0.1, 0.15) is 5.01 Å². The number of rotatable bonds is 4. The van der Waals surface area contributed by atoms with Crippen LogP contribution >= 0.6 is 11.3 Å². The predicted molar refractivity (Wildman–Crippen MR) is 79.3 cm³/mol. The van der Waals surface area contributed by atoms with E-state index in [-0.39, 0.29) is 0 Å². The summed E-state index contributed by atoms with van der Waals surface area (Å²) in [5.41, 5.74) is 2.43. The van der Waals surface area contributed by atoms with E-state index in [0.29, 0.717) is 6.04 Å². The number of fused-ring (bicyclic) bond motifs is 1. The summed E-state index contributed by atoms with van der Waals surface area (Å²) < 4.78 is 0. The predicted octanol–water partition coefficient (Wildman–Crippen LogP) is 3.58. The van der Waals surface area contributed by atoms with Crippen molar-refractivity contribution < 1.29 is 0 Å². The van der Waals surface area contributed by atoms with E-state index in [9.17, 15) is 0 Å². The SMILES string of the molecule is CCCNC1CCCc2nc(-c3cccnc3)sc21. The molecule has 1 aliphatic carbocycles. The lowest BCUT2D eigenvalue weighted by molar-refractivity contribution is 0.465. The van der Waals surface area contributed by atoms with E-state index in [1.165, 1.54) is 29.8 Å². The second kappa shape index (κ2) is 5.80. The molecule has 0 aliphatic heterocycles. The maximum Gasteiger partial charge on any atom is 0.125 e. The Kier molecular flexibility index (Phi) is 3.89. The number of thiazole rings is 1. The Morgan fingerprint density at radius 2 is 2.42 bits per heavy atom. The summed E-state index contributed by atoms with van der Waals surface area (Å²) >= 11 is 1.83. The van der Waals surface area contributed by atoms with Gasteiger partial charge in [-0.3, -0.25) is 4.98 Å². The lowest BCUT2D eigenvalue weighted by atomic mass is 9.98. The first-order chi connectivity index (χ1) is 9.38. The van der Waals surface area contributed by atoms with Gasteiger partial charge >= 0.3 is 0 Å². The average Bonchev–Trinajstić information content (AvgIpc) is 2.90. The molecule has 4 heteroatoms. The Morgan fingerprint density at radius 1 is 1.47 bits per heavy atom. The number of nitrogens with zero attached hydrogens (tertiary/aromatic N) is 2. The lowest BCUT2D eigenvalue weighted by Crippen LogP contribution is -2.24. The molecule has 0 fully saturated rings. The Bertz CT molecular complexity index is 536. The molecule has 2 aromatic heterocycles. The van der Waals surface area contributed by atoms with E-state index in [4.69, 9.17) is 4.98 Å². The molecular formula is C15H19N3S. The number of aromatic nitrogens is 2. The number of pyridine rings is 1. The number of nitrogens with one attached hydrogen (secondary N) is 1. The van der Waals surface area contributed by atoms with Gasteiger partial charge in [0, 0.05) is 28.9 Å². The van der Waals surface area contributed by atoms with E-state index in [1.807, 2.05) is 29.8 Å². The van der Waals surface area contributed by atoms with Crippen LogP contribution in [0.2, 0.25) is 0 Å². The zero-order valence-corrected chi connectivity index (χ0v) is 12.0. The molecule has 2 aromatic rings. The van der Waals surface area contributed by atoms with Crippen molar-refractivity contribution in [2.45, 2.75) is 38.6 Å². The van der Waals surface area contributed by atoms with Gasteiger partial charge < -0.3 is 5.32 Å². The molecule has 1 N–H and O–H groups in total. The first kappa shape index (κ1) is 12.8. The number of hydrogen-bond donors (Lipinski definition) is 1. The van der Waals surface area contributed by atoms with Crippen LogP contribution in [-0.4, -0.2) is 16.5 Å². The Balaban J connectivity index is 1.89. The molecule has 19 heavy (non-hydrogen) atoms. The van der Waals surface area contributed by atoms with Crippen LogP contribution < -0.4 is 5.32 Å². The summed E-state index contributed by atoms with van der Waals surface area (Å²) in [7, 11) is 0. The Hall–Kier alpha value is -1.26. The van der Waals surface area contributed by atoms with Gasteiger partial charge in [-0.25, -0.2) is 4.98 Å². The Labute approximate surface area is 118 Å². The summed E-state index contributed by atoms with van der Waals surface area (Å²) in [6.07, 6.45) is 8.49. The molecule has 0 saturated heterocycles. The van der Waals surface area contributed by atoms with E-state index in [0.717, 1.165) is 23.5 Å². The summed E-state index contributed by atoms with van der Waals surface area (Å²) in [5, 5.41) is 4.76. The highest BCUT2D eigenvalue weighted by molar-refractivity contribution is 7.15. The van der Waals surface area contributed by atoms with Crippen molar-refractivity contribution in [3.63, 3.8) is 0 Å². The molecule has 2 heterocycles. The highest BCUT2D eigenvalue weighted by Gasteiger charge is 2.24. The van der Waals surface area contributed by atoms with Crippen LogP contribution in [0, 0.1) is 0 Å². The van der Waals surface area contributed by atoms with E-state index in [2.05, 4.69) is 23.3 Å². The first-order valence-corrected chi connectivity index (χ1v) is 7.83. The highest BCUT2D eigenvalue weighted by Crippen LogP contribution is 2.37. The van der Waals surface area contributed by atoms with Crippen LogP contribution in [0.25, 0.3) is 10.6 Å². The minimum Gasteiger partial charge on any atom is -0.309 e. The van der Waals surface area contributed by atoms with Crippen molar-refractivity contribution in [2.75, 3.05) is 6.54 Å². The molecule has 1 unspecified atom stereocenters. The number of aryl methyl sites for hydroxylation is 1. The molecule has 0 amide bonds. The van der Waals surface area contributed by atoms with Crippen molar-refractivity contribution in [3.05, 3.63) is 35.1 Å².